The van der Waals surface area contributed by atoms with Crippen molar-refractivity contribution in [3.63, 3.8) is 0 Å². The molecule has 0 saturated carbocycles. The summed E-state index contributed by atoms with van der Waals surface area (Å²) < 4.78 is 2.17. The van der Waals surface area contributed by atoms with Gasteiger partial charge >= 0.3 is 0 Å². The zero-order valence-corrected chi connectivity index (χ0v) is 11.3. The van der Waals surface area contributed by atoms with E-state index in [-0.39, 0.29) is 24.8 Å². The summed E-state index contributed by atoms with van der Waals surface area (Å²) in [5, 5.41) is 0. The fourth-order valence-electron chi connectivity index (χ4n) is 1.02. The molecule has 0 fully saturated rings. The second-order valence-corrected chi connectivity index (χ2v) is 5.38. The molecular formula is C9H24Cl2N2. The summed E-state index contributed by atoms with van der Waals surface area (Å²) in [5.74, 6) is 0. The van der Waals surface area contributed by atoms with Crippen LogP contribution in [0.2, 0.25) is 0 Å². The molecule has 0 spiro atoms. The lowest BCUT2D eigenvalue weighted by molar-refractivity contribution is -0.890. The summed E-state index contributed by atoms with van der Waals surface area (Å²) >= 11 is 0. The van der Waals surface area contributed by atoms with Gasteiger partial charge in [-0.15, -0.1) is 0 Å². The molecule has 0 aromatic heterocycles. The standard InChI is InChI=1S/C9H24N2.2ClH/c1-10(2,3)8-7-9-11(4,5)6;;/h7-9H2,1-6H3;2*1H/q+2;;/p-2. The topological polar surface area (TPSA) is 0 Å². The Kier molecular flexibility index (Phi) is 10.1. The summed E-state index contributed by atoms with van der Waals surface area (Å²) in [6.07, 6.45) is 1.31. The van der Waals surface area contributed by atoms with Gasteiger partial charge in [-0.1, -0.05) is 0 Å². The average Bonchev–Trinajstić information content (AvgIpc) is 1.55. The number of rotatable bonds is 4. The quantitative estimate of drug-likeness (QED) is 0.424. The van der Waals surface area contributed by atoms with E-state index in [9.17, 15) is 0 Å². The zero-order valence-electron chi connectivity index (χ0n) is 9.77. The van der Waals surface area contributed by atoms with Gasteiger partial charge in [-0.2, -0.15) is 0 Å². The Bertz CT molecular complexity index is 99.8. The van der Waals surface area contributed by atoms with E-state index < -0.39 is 0 Å². The van der Waals surface area contributed by atoms with Crippen LogP contribution in [-0.4, -0.2) is 64.3 Å². The number of nitrogens with zero attached hydrogens (tertiary/aromatic N) is 2. The number of halogens is 2. The molecule has 0 radical (unpaired) electrons. The summed E-state index contributed by atoms with van der Waals surface area (Å²) in [4.78, 5) is 0. The second-order valence-electron chi connectivity index (χ2n) is 5.38. The van der Waals surface area contributed by atoms with Gasteiger partial charge in [0.15, 0.2) is 0 Å². The van der Waals surface area contributed by atoms with Gasteiger partial charge in [0.2, 0.25) is 0 Å². The lowest BCUT2D eigenvalue weighted by Crippen LogP contribution is -3.00. The van der Waals surface area contributed by atoms with Crippen LogP contribution in [0.25, 0.3) is 0 Å². The molecule has 2 nitrogen and oxygen atoms in total. The molecule has 0 rings (SSSR count). The largest absolute Gasteiger partial charge is 1.00 e. The summed E-state index contributed by atoms with van der Waals surface area (Å²) in [6.45, 7) is 2.55. The lowest BCUT2D eigenvalue weighted by atomic mass is 10.3. The highest BCUT2D eigenvalue weighted by atomic mass is 35.5. The van der Waals surface area contributed by atoms with Crippen LogP contribution in [0.4, 0.5) is 0 Å². The van der Waals surface area contributed by atoms with E-state index in [4.69, 9.17) is 0 Å². The maximum atomic E-state index is 2.25. The Morgan fingerprint density at radius 3 is 1.00 bits per heavy atom. The van der Waals surface area contributed by atoms with Crippen molar-refractivity contribution in [3.8, 4) is 0 Å². The third-order valence-corrected chi connectivity index (χ3v) is 1.66. The van der Waals surface area contributed by atoms with Crippen LogP contribution in [0.1, 0.15) is 6.42 Å². The molecule has 0 amide bonds. The zero-order chi connectivity index (χ0) is 9.12. The average molecular weight is 231 g/mol. The predicted octanol–water partition coefficient (Wildman–Crippen LogP) is -5.20. The van der Waals surface area contributed by atoms with Crippen LogP contribution in [0.3, 0.4) is 0 Å². The number of hydrogen-bond acceptors (Lipinski definition) is 0. The van der Waals surface area contributed by atoms with Crippen LogP contribution in [0, 0.1) is 0 Å². The predicted molar refractivity (Wildman–Crippen MR) is 50.4 cm³/mol. The molecule has 0 heterocycles. The Morgan fingerprint density at radius 1 is 0.615 bits per heavy atom. The van der Waals surface area contributed by atoms with Crippen molar-refractivity contribution in [2.24, 2.45) is 0 Å². The van der Waals surface area contributed by atoms with E-state index in [0.717, 1.165) is 8.97 Å². The normalized spacial score (nSPS) is 11.5. The summed E-state index contributed by atoms with van der Waals surface area (Å²) in [6, 6.07) is 0. The first kappa shape index (κ1) is 19.1. The van der Waals surface area contributed by atoms with Crippen molar-refractivity contribution < 1.29 is 33.8 Å². The van der Waals surface area contributed by atoms with E-state index in [1.54, 1.807) is 0 Å². The van der Waals surface area contributed by atoms with Crippen molar-refractivity contribution in [2.45, 2.75) is 6.42 Å². The monoisotopic (exact) mass is 230 g/mol. The maximum Gasteiger partial charge on any atom is 0.0834 e. The molecule has 13 heavy (non-hydrogen) atoms. The Hall–Kier alpha value is 0.500. The number of quaternary nitrogens is 2. The highest BCUT2D eigenvalue weighted by molar-refractivity contribution is 4.33. The van der Waals surface area contributed by atoms with Crippen molar-refractivity contribution in [1.82, 2.24) is 0 Å². The molecule has 0 atom stereocenters. The van der Waals surface area contributed by atoms with Crippen LogP contribution < -0.4 is 24.8 Å². The third kappa shape index (κ3) is 19.1. The SMILES string of the molecule is C[N+](C)(C)CCC[N+](C)(C)C.[Cl-].[Cl-]. The highest BCUT2D eigenvalue weighted by Crippen LogP contribution is 1.98. The highest BCUT2D eigenvalue weighted by Gasteiger charge is 2.11. The van der Waals surface area contributed by atoms with Gasteiger partial charge < -0.3 is 33.8 Å². The Labute approximate surface area is 95.9 Å². The Morgan fingerprint density at radius 2 is 0.846 bits per heavy atom. The minimum Gasteiger partial charge on any atom is -1.00 e. The molecule has 0 N–H and O–H groups in total. The molecule has 0 unspecified atom stereocenters. The second kappa shape index (κ2) is 6.88. The first-order valence-electron chi connectivity index (χ1n) is 4.32. The molecule has 0 aliphatic heterocycles. The maximum absolute atomic E-state index is 2.25. The van der Waals surface area contributed by atoms with Crippen molar-refractivity contribution in [2.75, 3.05) is 55.4 Å². The van der Waals surface area contributed by atoms with Gasteiger partial charge in [0.05, 0.1) is 55.4 Å². The molecular weight excluding hydrogens is 207 g/mol. The van der Waals surface area contributed by atoms with Crippen LogP contribution in [0.15, 0.2) is 0 Å². The van der Waals surface area contributed by atoms with Gasteiger partial charge in [0, 0.05) is 6.42 Å². The lowest BCUT2D eigenvalue weighted by Gasteiger charge is -2.28. The summed E-state index contributed by atoms with van der Waals surface area (Å²) in [7, 11) is 13.5. The molecule has 0 aromatic rings. The van der Waals surface area contributed by atoms with Crippen molar-refractivity contribution in [1.29, 1.82) is 0 Å². The third-order valence-electron chi connectivity index (χ3n) is 1.66. The molecule has 84 valence electrons. The van der Waals surface area contributed by atoms with E-state index in [1.807, 2.05) is 0 Å². The molecule has 4 heteroatoms. The minimum atomic E-state index is 0. The van der Waals surface area contributed by atoms with Crippen LogP contribution in [0.5, 0.6) is 0 Å². The van der Waals surface area contributed by atoms with Crippen molar-refractivity contribution in [3.05, 3.63) is 0 Å². The fraction of sp³-hybridized carbons (Fsp3) is 1.00. The molecule has 0 aliphatic rings. The molecule has 0 aliphatic carbocycles. The fourth-order valence-corrected chi connectivity index (χ4v) is 1.02. The first-order chi connectivity index (χ1) is 4.71. The molecule has 0 saturated heterocycles. The van der Waals surface area contributed by atoms with Crippen LogP contribution >= 0.6 is 0 Å². The van der Waals surface area contributed by atoms with Gasteiger partial charge in [0.25, 0.3) is 0 Å². The van der Waals surface area contributed by atoms with Gasteiger partial charge in [-0.3, -0.25) is 0 Å². The van der Waals surface area contributed by atoms with Crippen molar-refractivity contribution >= 4 is 0 Å². The molecule has 0 aromatic carbocycles. The smallest absolute Gasteiger partial charge is 0.0834 e. The van der Waals surface area contributed by atoms with Gasteiger partial charge in [-0.05, 0) is 0 Å². The first-order valence-corrected chi connectivity index (χ1v) is 4.32. The Balaban J connectivity index is -0.000000500. The molecule has 0 bridgehead atoms. The van der Waals surface area contributed by atoms with Gasteiger partial charge in [0.1, 0.15) is 0 Å². The minimum absolute atomic E-state index is 0. The number of hydrogen-bond donors (Lipinski definition) is 0. The van der Waals surface area contributed by atoms with E-state index in [0.29, 0.717) is 0 Å². The van der Waals surface area contributed by atoms with Gasteiger partial charge in [-0.25, -0.2) is 0 Å². The van der Waals surface area contributed by atoms with Crippen LogP contribution in [-0.2, 0) is 0 Å². The van der Waals surface area contributed by atoms with E-state index >= 15 is 0 Å². The van der Waals surface area contributed by atoms with E-state index in [1.165, 1.54) is 19.5 Å². The van der Waals surface area contributed by atoms with E-state index in [2.05, 4.69) is 42.3 Å². The summed E-state index contributed by atoms with van der Waals surface area (Å²) in [5.41, 5.74) is 0.